The average Bonchev–Trinajstić information content (AvgIpc) is 2.63. The van der Waals surface area contributed by atoms with Gasteiger partial charge in [0, 0.05) is 18.0 Å². The van der Waals surface area contributed by atoms with Crippen LogP contribution in [0.25, 0.3) is 0 Å². The van der Waals surface area contributed by atoms with Crippen molar-refractivity contribution in [3.8, 4) is 0 Å². The molecule has 176 valence electrons. The summed E-state index contributed by atoms with van der Waals surface area (Å²) in [6.45, 7) is 25.2. The summed E-state index contributed by atoms with van der Waals surface area (Å²) in [5.74, 6) is -0.472. The molecule has 1 amide bonds. The first-order valence-corrected chi connectivity index (χ1v) is 13.3. The van der Waals surface area contributed by atoms with E-state index in [4.69, 9.17) is 13.9 Å². The topological polar surface area (TPSA) is 65.1 Å². The van der Waals surface area contributed by atoms with Crippen LogP contribution in [0.2, 0.25) is 16.6 Å². The van der Waals surface area contributed by atoms with E-state index in [9.17, 15) is 9.59 Å². The first-order valence-electron chi connectivity index (χ1n) is 11.2. The molecule has 0 aromatic heterocycles. The predicted octanol–water partition coefficient (Wildman–Crippen LogP) is 5.92. The number of hydrogen-bond donors (Lipinski definition) is 0. The molecule has 6 nitrogen and oxygen atoms in total. The SMILES string of the molecule is C=C(C[C@H]([C@H](C)O[Si](C(C)C)(C(C)C)C(C)C)N(C(=O)OCC)C(C)C)C(=O)OC. The van der Waals surface area contributed by atoms with E-state index in [2.05, 4.69) is 48.1 Å². The van der Waals surface area contributed by atoms with Crippen molar-refractivity contribution in [2.24, 2.45) is 0 Å². The highest BCUT2D eigenvalue weighted by molar-refractivity contribution is 6.77. The number of esters is 1. The standard InChI is InChI=1S/C23H45NO5Si/c1-13-28-23(26)24(15(2)3)21(14-19(10)22(25)27-12)20(11)29-30(16(4)5,17(6)7)18(8)9/h15-18,20-21H,10,13-14H2,1-9,11-12H3/t20-,21+/m0/s1. The molecule has 7 heteroatoms. The largest absolute Gasteiger partial charge is 0.466 e. The molecule has 0 radical (unpaired) electrons. The Morgan fingerprint density at radius 3 is 1.73 bits per heavy atom. The number of amides is 1. The molecule has 0 saturated heterocycles. The Morgan fingerprint density at radius 2 is 1.40 bits per heavy atom. The molecular formula is C23H45NO5Si. The van der Waals surface area contributed by atoms with E-state index in [-0.39, 0.29) is 25.2 Å². The molecule has 0 aliphatic carbocycles. The number of carbonyl (C=O) groups is 2. The number of rotatable bonds is 12. The molecule has 0 rings (SSSR count). The molecule has 0 aromatic rings. The molecule has 0 N–H and O–H groups in total. The number of ether oxygens (including phenoxy) is 2. The smallest absolute Gasteiger partial charge is 0.410 e. The summed E-state index contributed by atoms with van der Waals surface area (Å²) < 4.78 is 17.1. The molecule has 0 aromatic carbocycles. The first-order chi connectivity index (χ1) is 13.8. The molecular weight excluding hydrogens is 398 g/mol. The zero-order valence-corrected chi connectivity index (χ0v) is 22.1. The fourth-order valence-electron chi connectivity index (χ4n) is 4.71. The van der Waals surface area contributed by atoms with Gasteiger partial charge in [-0.05, 0) is 44.3 Å². The van der Waals surface area contributed by atoms with E-state index in [1.54, 1.807) is 11.8 Å². The first kappa shape index (κ1) is 28.7. The Kier molecular flexibility index (Phi) is 11.9. The van der Waals surface area contributed by atoms with E-state index < -0.39 is 26.4 Å². The second-order valence-corrected chi connectivity index (χ2v) is 14.6. The molecule has 0 saturated carbocycles. The summed E-state index contributed by atoms with van der Waals surface area (Å²) in [4.78, 5) is 26.6. The molecule has 0 bridgehead atoms. The third-order valence-electron chi connectivity index (χ3n) is 5.96. The van der Waals surface area contributed by atoms with Gasteiger partial charge in [0.1, 0.15) is 0 Å². The van der Waals surface area contributed by atoms with Gasteiger partial charge >= 0.3 is 12.1 Å². The molecule has 0 fully saturated rings. The van der Waals surface area contributed by atoms with Gasteiger partial charge < -0.3 is 13.9 Å². The van der Waals surface area contributed by atoms with Crippen molar-refractivity contribution < 1.29 is 23.5 Å². The summed E-state index contributed by atoms with van der Waals surface area (Å²) >= 11 is 0. The van der Waals surface area contributed by atoms with E-state index in [1.807, 2.05) is 20.8 Å². The van der Waals surface area contributed by atoms with E-state index >= 15 is 0 Å². The minimum Gasteiger partial charge on any atom is -0.466 e. The second kappa shape index (κ2) is 12.5. The molecule has 0 spiro atoms. The quantitative estimate of drug-likeness (QED) is 0.213. The Bertz CT molecular complexity index is 552. The van der Waals surface area contributed by atoms with Crippen LogP contribution in [0.4, 0.5) is 4.79 Å². The van der Waals surface area contributed by atoms with Gasteiger partial charge in [-0.3, -0.25) is 4.90 Å². The predicted molar refractivity (Wildman–Crippen MR) is 125 cm³/mol. The van der Waals surface area contributed by atoms with Crippen molar-refractivity contribution in [2.75, 3.05) is 13.7 Å². The van der Waals surface area contributed by atoms with Crippen LogP contribution in [0, 0.1) is 0 Å². The lowest BCUT2D eigenvalue weighted by molar-refractivity contribution is -0.136. The third-order valence-corrected chi connectivity index (χ3v) is 12.2. The number of methoxy groups -OCH3 is 1. The highest BCUT2D eigenvalue weighted by Gasteiger charge is 2.48. The highest BCUT2D eigenvalue weighted by Crippen LogP contribution is 2.43. The van der Waals surface area contributed by atoms with E-state index in [0.717, 1.165) is 0 Å². The van der Waals surface area contributed by atoms with Crippen LogP contribution in [0.1, 0.15) is 75.7 Å². The van der Waals surface area contributed by atoms with E-state index in [1.165, 1.54) is 7.11 Å². The van der Waals surface area contributed by atoms with Crippen molar-refractivity contribution in [2.45, 2.75) is 110 Å². The van der Waals surface area contributed by atoms with Crippen LogP contribution in [0.15, 0.2) is 12.2 Å². The Labute approximate surface area is 185 Å². The van der Waals surface area contributed by atoms with Gasteiger partial charge in [0.25, 0.3) is 0 Å². The monoisotopic (exact) mass is 443 g/mol. The lowest BCUT2D eigenvalue weighted by atomic mass is 10.0. The Morgan fingerprint density at radius 1 is 0.933 bits per heavy atom. The highest BCUT2D eigenvalue weighted by atomic mass is 28.4. The lowest BCUT2D eigenvalue weighted by Gasteiger charge is -2.47. The number of hydrogen-bond acceptors (Lipinski definition) is 5. The summed E-state index contributed by atoms with van der Waals surface area (Å²) in [5.41, 5.74) is 1.53. The van der Waals surface area contributed by atoms with Crippen molar-refractivity contribution in [1.29, 1.82) is 0 Å². The molecule has 30 heavy (non-hydrogen) atoms. The molecule has 2 atom stereocenters. The van der Waals surface area contributed by atoms with Crippen molar-refractivity contribution >= 4 is 20.4 Å². The van der Waals surface area contributed by atoms with Crippen molar-refractivity contribution in [3.05, 3.63) is 12.2 Å². The number of nitrogens with zero attached hydrogens (tertiary/aromatic N) is 1. The molecule has 0 unspecified atom stereocenters. The minimum absolute atomic E-state index is 0.126. The number of carbonyl (C=O) groups excluding carboxylic acids is 2. The van der Waals surface area contributed by atoms with Gasteiger partial charge in [0.15, 0.2) is 0 Å². The van der Waals surface area contributed by atoms with Crippen LogP contribution in [-0.2, 0) is 18.7 Å². The average molecular weight is 444 g/mol. The molecule has 0 aliphatic rings. The maximum atomic E-state index is 12.8. The second-order valence-electron chi connectivity index (χ2n) is 9.21. The van der Waals surface area contributed by atoms with Gasteiger partial charge in [-0.25, -0.2) is 9.59 Å². The van der Waals surface area contributed by atoms with Gasteiger partial charge in [0.2, 0.25) is 8.32 Å². The normalized spacial score (nSPS) is 14.2. The zero-order valence-electron chi connectivity index (χ0n) is 21.1. The fraction of sp³-hybridized carbons (Fsp3) is 0.826. The lowest BCUT2D eigenvalue weighted by Crippen LogP contribution is -2.57. The zero-order chi connectivity index (χ0) is 23.8. The Hall–Kier alpha value is -1.34. The van der Waals surface area contributed by atoms with Gasteiger partial charge in [-0.1, -0.05) is 48.1 Å². The van der Waals surface area contributed by atoms with Crippen LogP contribution in [-0.4, -0.2) is 57.2 Å². The minimum atomic E-state index is -2.20. The maximum Gasteiger partial charge on any atom is 0.410 e. The summed E-state index contributed by atoms with van der Waals surface area (Å²) in [5, 5.41) is 0. The van der Waals surface area contributed by atoms with Crippen LogP contribution >= 0.6 is 0 Å². The van der Waals surface area contributed by atoms with Crippen LogP contribution in [0.5, 0.6) is 0 Å². The van der Waals surface area contributed by atoms with Crippen molar-refractivity contribution in [3.63, 3.8) is 0 Å². The van der Waals surface area contributed by atoms with Gasteiger partial charge in [0.05, 0.1) is 25.9 Å². The van der Waals surface area contributed by atoms with Crippen LogP contribution < -0.4 is 0 Å². The van der Waals surface area contributed by atoms with Crippen LogP contribution in [0.3, 0.4) is 0 Å². The third kappa shape index (κ3) is 6.84. The maximum absolute atomic E-state index is 12.8. The van der Waals surface area contributed by atoms with Gasteiger partial charge in [-0.15, -0.1) is 0 Å². The van der Waals surface area contributed by atoms with Gasteiger partial charge in [-0.2, -0.15) is 0 Å². The fourth-order valence-corrected chi connectivity index (χ4v) is 10.3. The summed E-state index contributed by atoms with van der Waals surface area (Å²) in [6.07, 6.45) is -0.433. The Balaban J connectivity index is 6.23. The summed E-state index contributed by atoms with van der Waals surface area (Å²) in [6, 6.07) is -0.516. The summed E-state index contributed by atoms with van der Waals surface area (Å²) in [7, 11) is -0.863. The van der Waals surface area contributed by atoms with Crippen molar-refractivity contribution in [1.82, 2.24) is 4.90 Å². The molecule has 0 aliphatic heterocycles. The molecule has 0 heterocycles. The van der Waals surface area contributed by atoms with E-state index in [0.29, 0.717) is 22.2 Å².